The average molecular weight is 260 g/mol. The number of nitrogens with two attached hydrogens (primary N) is 1. The highest BCUT2D eigenvalue weighted by molar-refractivity contribution is 5.88. The Labute approximate surface area is 108 Å². The number of aromatic amines is 1. The van der Waals surface area contributed by atoms with Gasteiger partial charge in [0.05, 0.1) is 12.1 Å². The van der Waals surface area contributed by atoms with Crippen LogP contribution in [0.5, 0.6) is 0 Å². The summed E-state index contributed by atoms with van der Waals surface area (Å²) in [7, 11) is 0. The number of hydrogen-bond acceptors (Lipinski definition) is 4. The summed E-state index contributed by atoms with van der Waals surface area (Å²) in [4.78, 5) is 7.13. The van der Waals surface area contributed by atoms with Gasteiger partial charge in [-0.2, -0.15) is 4.98 Å². The van der Waals surface area contributed by atoms with E-state index in [1.807, 2.05) is 19.9 Å². The molecule has 0 amide bonds. The maximum Gasteiger partial charge on any atom is 0.240 e. The fourth-order valence-corrected chi connectivity index (χ4v) is 2.10. The molecule has 0 aliphatic heterocycles. The lowest BCUT2D eigenvalue weighted by Gasteiger charge is -1.98. The smallest absolute Gasteiger partial charge is 0.240 e. The van der Waals surface area contributed by atoms with Crippen LogP contribution in [0.2, 0.25) is 0 Å². The van der Waals surface area contributed by atoms with E-state index < -0.39 is 0 Å². The highest BCUT2D eigenvalue weighted by atomic mass is 19.1. The molecule has 0 spiro atoms. The second kappa shape index (κ2) is 4.17. The van der Waals surface area contributed by atoms with E-state index in [2.05, 4.69) is 15.1 Å². The molecule has 98 valence electrons. The predicted octanol–water partition coefficient (Wildman–Crippen LogP) is 2.43. The van der Waals surface area contributed by atoms with Crippen molar-refractivity contribution < 1.29 is 8.91 Å². The van der Waals surface area contributed by atoms with E-state index in [4.69, 9.17) is 10.3 Å². The van der Waals surface area contributed by atoms with E-state index in [1.165, 1.54) is 6.07 Å². The molecule has 0 aliphatic carbocycles. The van der Waals surface area contributed by atoms with Crippen LogP contribution in [0, 0.1) is 19.7 Å². The molecule has 3 aromatic rings. The van der Waals surface area contributed by atoms with Gasteiger partial charge in [-0.25, -0.2) is 4.39 Å². The Morgan fingerprint density at radius 2 is 2.16 bits per heavy atom. The van der Waals surface area contributed by atoms with E-state index in [0.29, 0.717) is 22.8 Å². The second-order valence-electron chi connectivity index (χ2n) is 4.47. The number of aryl methyl sites for hydroxylation is 2. The second-order valence-corrected chi connectivity index (χ2v) is 4.47. The number of halogens is 1. The minimum Gasteiger partial charge on any atom is -0.356 e. The Morgan fingerprint density at radius 1 is 1.37 bits per heavy atom. The molecule has 0 radical (unpaired) electrons. The van der Waals surface area contributed by atoms with Gasteiger partial charge >= 0.3 is 0 Å². The summed E-state index contributed by atoms with van der Waals surface area (Å²) < 4.78 is 19.0. The molecule has 2 aromatic heterocycles. The molecule has 19 heavy (non-hydrogen) atoms. The number of hydrogen-bond donors (Lipinski definition) is 2. The molecule has 0 saturated carbocycles. The van der Waals surface area contributed by atoms with Gasteiger partial charge in [0.15, 0.2) is 0 Å². The quantitative estimate of drug-likeness (QED) is 0.741. The number of nitrogens with one attached hydrogen (secondary N) is 1. The lowest BCUT2D eigenvalue weighted by atomic mass is 10.1. The van der Waals surface area contributed by atoms with Crippen molar-refractivity contribution in [3.05, 3.63) is 35.1 Å². The minimum atomic E-state index is -0.331. The topological polar surface area (TPSA) is 80.7 Å². The van der Waals surface area contributed by atoms with Crippen molar-refractivity contribution in [3.63, 3.8) is 0 Å². The Kier molecular flexibility index (Phi) is 2.60. The first-order chi connectivity index (χ1) is 9.10. The van der Waals surface area contributed by atoms with Gasteiger partial charge in [0.2, 0.25) is 11.7 Å². The lowest BCUT2D eigenvalue weighted by Crippen LogP contribution is -1.95. The Balaban J connectivity index is 2.22. The van der Waals surface area contributed by atoms with Gasteiger partial charge in [-0.05, 0) is 31.5 Å². The molecule has 0 atom stereocenters. The minimum absolute atomic E-state index is 0.167. The van der Waals surface area contributed by atoms with Crippen LogP contribution in [-0.4, -0.2) is 15.1 Å². The van der Waals surface area contributed by atoms with Crippen LogP contribution in [-0.2, 0) is 6.54 Å². The number of nitrogens with zero attached hydrogens (tertiary/aromatic N) is 2. The Hall–Kier alpha value is -2.21. The third-order valence-corrected chi connectivity index (χ3v) is 3.27. The molecule has 0 unspecified atom stereocenters. The van der Waals surface area contributed by atoms with Crippen LogP contribution in [0.25, 0.3) is 22.3 Å². The van der Waals surface area contributed by atoms with Crippen molar-refractivity contribution in [1.29, 1.82) is 0 Å². The zero-order chi connectivity index (χ0) is 13.6. The highest BCUT2D eigenvalue weighted by Crippen LogP contribution is 2.28. The summed E-state index contributed by atoms with van der Waals surface area (Å²) >= 11 is 0. The van der Waals surface area contributed by atoms with Crippen LogP contribution < -0.4 is 5.73 Å². The van der Waals surface area contributed by atoms with E-state index in [9.17, 15) is 4.39 Å². The number of fused-ring (bicyclic) bond motifs is 1. The number of rotatable bonds is 2. The number of aromatic nitrogens is 3. The van der Waals surface area contributed by atoms with Gasteiger partial charge in [0, 0.05) is 16.6 Å². The molecule has 0 fully saturated rings. The number of H-pyrrole nitrogens is 1. The van der Waals surface area contributed by atoms with E-state index in [-0.39, 0.29) is 12.4 Å². The van der Waals surface area contributed by atoms with Crippen molar-refractivity contribution in [2.75, 3.05) is 0 Å². The molecule has 5 nitrogen and oxygen atoms in total. The third kappa shape index (κ3) is 1.80. The summed E-state index contributed by atoms with van der Waals surface area (Å²) in [6, 6.07) is 3.24. The van der Waals surface area contributed by atoms with Crippen LogP contribution in [0.15, 0.2) is 16.7 Å². The van der Waals surface area contributed by atoms with Crippen LogP contribution >= 0.6 is 0 Å². The molecular formula is C13H13FN4O. The molecular weight excluding hydrogens is 247 g/mol. The van der Waals surface area contributed by atoms with Gasteiger partial charge in [-0.3, -0.25) is 0 Å². The summed E-state index contributed by atoms with van der Waals surface area (Å²) in [5, 5.41) is 4.62. The van der Waals surface area contributed by atoms with E-state index in [1.54, 1.807) is 0 Å². The molecule has 3 N–H and O–H groups in total. The number of benzene rings is 1. The molecule has 2 heterocycles. The van der Waals surface area contributed by atoms with Crippen molar-refractivity contribution in [2.45, 2.75) is 20.4 Å². The predicted molar refractivity (Wildman–Crippen MR) is 68.9 cm³/mol. The summed E-state index contributed by atoms with van der Waals surface area (Å²) in [5.74, 6) is 0.347. The van der Waals surface area contributed by atoms with E-state index >= 15 is 0 Å². The fraction of sp³-hybridized carbons (Fsp3) is 0.231. The van der Waals surface area contributed by atoms with Gasteiger partial charge < -0.3 is 15.2 Å². The Morgan fingerprint density at radius 3 is 2.84 bits per heavy atom. The van der Waals surface area contributed by atoms with Crippen molar-refractivity contribution in [2.24, 2.45) is 5.73 Å². The summed E-state index contributed by atoms with van der Waals surface area (Å²) in [6.45, 7) is 4.02. The fourth-order valence-electron chi connectivity index (χ4n) is 2.10. The molecule has 0 bridgehead atoms. The van der Waals surface area contributed by atoms with Gasteiger partial charge in [0.25, 0.3) is 0 Å². The summed E-state index contributed by atoms with van der Waals surface area (Å²) in [5.41, 5.74) is 8.45. The normalized spacial score (nSPS) is 11.4. The SMILES string of the molecule is Cc1[nH]c2c(F)cc(-c3noc(CN)n3)cc2c1C. The largest absolute Gasteiger partial charge is 0.356 e. The highest BCUT2D eigenvalue weighted by Gasteiger charge is 2.14. The van der Waals surface area contributed by atoms with Crippen LogP contribution in [0.1, 0.15) is 17.1 Å². The van der Waals surface area contributed by atoms with Gasteiger partial charge in [-0.1, -0.05) is 5.16 Å². The molecule has 6 heteroatoms. The van der Waals surface area contributed by atoms with Crippen molar-refractivity contribution in [1.82, 2.24) is 15.1 Å². The average Bonchev–Trinajstić information content (AvgIpc) is 2.97. The zero-order valence-electron chi connectivity index (χ0n) is 10.6. The maximum absolute atomic E-state index is 14.1. The zero-order valence-corrected chi connectivity index (χ0v) is 10.6. The maximum atomic E-state index is 14.1. The van der Waals surface area contributed by atoms with Gasteiger partial charge in [0.1, 0.15) is 5.82 Å². The molecule has 0 aliphatic rings. The third-order valence-electron chi connectivity index (χ3n) is 3.27. The van der Waals surface area contributed by atoms with Gasteiger partial charge in [-0.15, -0.1) is 0 Å². The van der Waals surface area contributed by atoms with Crippen molar-refractivity contribution in [3.8, 4) is 11.4 Å². The van der Waals surface area contributed by atoms with E-state index in [0.717, 1.165) is 16.6 Å². The lowest BCUT2D eigenvalue weighted by molar-refractivity contribution is 0.380. The first-order valence-electron chi connectivity index (χ1n) is 5.91. The first-order valence-corrected chi connectivity index (χ1v) is 5.91. The first kappa shape index (κ1) is 11.9. The Bertz CT molecular complexity index is 759. The standard InChI is InChI=1S/C13H13FN4O/c1-6-7(2)16-12-9(6)3-8(4-10(12)14)13-17-11(5-15)19-18-13/h3-4,16H,5,15H2,1-2H3. The van der Waals surface area contributed by atoms with Crippen LogP contribution in [0.3, 0.4) is 0 Å². The monoisotopic (exact) mass is 260 g/mol. The van der Waals surface area contributed by atoms with Crippen molar-refractivity contribution >= 4 is 10.9 Å². The summed E-state index contributed by atoms with van der Waals surface area (Å²) in [6.07, 6.45) is 0. The molecule has 0 saturated heterocycles. The molecule has 1 aromatic carbocycles. The molecule has 3 rings (SSSR count). The van der Waals surface area contributed by atoms with Crippen LogP contribution in [0.4, 0.5) is 4.39 Å².